The highest BCUT2D eigenvalue weighted by Crippen LogP contribution is 2.22. The molecule has 0 saturated heterocycles. The molecule has 1 aromatic rings. The standard InChI is InChI=1S/C12H18N2O5S/c15-10-6-2-1-5-9-13-20(18,19)12-8-4-3-7-11(12)14(16)17/h3-4,7-8,13,15H,1-2,5-6,9-10H2. The average Bonchev–Trinajstić information content (AvgIpc) is 2.42. The molecule has 0 amide bonds. The van der Waals surface area contributed by atoms with E-state index in [2.05, 4.69) is 4.72 Å². The van der Waals surface area contributed by atoms with E-state index in [1.54, 1.807) is 0 Å². The minimum Gasteiger partial charge on any atom is -0.396 e. The van der Waals surface area contributed by atoms with Gasteiger partial charge in [0.25, 0.3) is 5.69 Å². The quantitative estimate of drug-likeness (QED) is 0.407. The predicted molar refractivity (Wildman–Crippen MR) is 73.8 cm³/mol. The molecule has 0 bridgehead atoms. The van der Waals surface area contributed by atoms with Crippen molar-refractivity contribution in [2.24, 2.45) is 0 Å². The number of nitrogens with zero attached hydrogens (tertiary/aromatic N) is 1. The highest BCUT2D eigenvalue weighted by molar-refractivity contribution is 7.89. The first-order chi connectivity index (χ1) is 9.49. The molecule has 0 spiro atoms. The van der Waals surface area contributed by atoms with Crippen LogP contribution in [0.5, 0.6) is 0 Å². The van der Waals surface area contributed by atoms with Gasteiger partial charge in [0, 0.05) is 19.2 Å². The van der Waals surface area contributed by atoms with Crippen LogP contribution in [-0.4, -0.2) is 31.6 Å². The molecule has 0 unspecified atom stereocenters. The van der Waals surface area contributed by atoms with E-state index in [1.165, 1.54) is 18.2 Å². The number of unbranched alkanes of at least 4 members (excludes halogenated alkanes) is 3. The third kappa shape index (κ3) is 4.87. The van der Waals surface area contributed by atoms with Crippen molar-refractivity contribution in [2.75, 3.05) is 13.2 Å². The van der Waals surface area contributed by atoms with Crippen molar-refractivity contribution in [2.45, 2.75) is 30.6 Å². The van der Waals surface area contributed by atoms with E-state index in [0.717, 1.165) is 18.9 Å². The van der Waals surface area contributed by atoms with E-state index >= 15 is 0 Å². The molecule has 0 fully saturated rings. The number of hydrogen-bond donors (Lipinski definition) is 2. The molecule has 0 radical (unpaired) electrons. The largest absolute Gasteiger partial charge is 0.396 e. The molecule has 2 N–H and O–H groups in total. The molecule has 0 heterocycles. The summed E-state index contributed by atoms with van der Waals surface area (Å²) in [5, 5.41) is 19.4. The number of benzene rings is 1. The Kier molecular flexibility index (Phi) is 6.56. The minimum absolute atomic E-state index is 0.127. The topological polar surface area (TPSA) is 110 Å². The second kappa shape index (κ2) is 7.93. The van der Waals surface area contributed by atoms with Gasteiger partial charge in [-0.15, -0.1) is 0 Å². The molecule has 8 heteroatoms. The normalized spacial score (nSPS) is 11.4. The van der Waals surface area contributed by atoms with Crippen LogP contribution in [0.3, 0.4) is 0 Å². The lowest BCUT2D eigenvalue weighted by Gasteiger charge is -2.07. The molecular formula is C12H18N2O5S. The summed E-state index contributed by atoms with van der Waals surface area (Å²) in [4.78, 5) is 9.77. The molecule has 0 aliphatic rings. The Morgan fingerprint density at radius 3 is 2.45 bits per heavy atom. The predicted octanol–water partition coefficient (Wildman–Crippen LogP) is 1.43. The number of nitrogens with one attached hydrogen (secondary N) is 1. The molecule has 1 rings (SSSR count). The van der Waals surface area contributed by atoms with Crippen LogP contribution in [0.1, 0.15) is 25.7 Å². The van der Waals surface area contributed by atoms with Crippen LogP contribution in [0.2, 0.25) is 0 Å². The summed E-state index contributed by atoms with van der Waals surface area (Å²) >= 11 is 0. The monoisotopic (exact) mass is 302 g/mol. The summed E-state index contributed by atoms with van der Waals surface area (Å²) in [6, 6.07) is 5.25. The Bertz CT molecular complexity index is 545. The van der Waals surface area contributed by atoms with Crippen molar-refractivity contribution in [3.63, 3.8) is 0 Å². The maximum atomic E-state index is 12.0. The van der Waals surface area contributed by atoms with Crippen molar-refractivity contribution in [1.82, 2.24) is 4.72 Å². The molecule has 7 nitrogen and oxygen atoms in total. The van der Waals surface area contributed by atoms with Crippen LogP contribution in [-0.2, 0) is 10.0 Å². The van der Waals surface area contributed by atoms with Crippen molar-refractivity contribution >= 4 is 15.7 Å². The van der Waals surface area contributed by atoms with Crippen LogP contribution in [0.15, 0.2) is 29.2 Å². The van der Waals surface area contributed by atoms with Gasteiger partial charge in [0.15, 0.2) is 4.90 Å². The Hall–Kier alpha value is -1.51. The van der Waals surface area contributed by atoms with Gasteiger partial charge in [-0.2, -0.15) is 0 Å². The third-order valence-corrected chi connectivity index (χ3v) is 4.24. The third-order valence-electron chi connectivity index (χ3n) is 2.73. The number of nitro groups is 1. The zero-order valence-electron chi connectivity index (χ0n) is 11.0. The van der Waals surface area contributed by atoms with Crippen LogP contribution in [0.4, 0.5) is 5.69 Å². The summed E-state index contributed by atoms with van der Waals surface area (Å²) in [5.74, 6) is 0. The fraction of sp³-hybridized carbons (Fsp3) is 0.500. The Morgan fingerprint density at radius 1 is 1.15 bits per heavy atom. The lowest BCUT2D eigenvalue weighted by atomic mass is 10.2. The fourth-order valence-corrected chi connectivity index (χ4v) is 2.95. The van der Waals surface area contributed by atoms with E-state index in [9.17, 15) is 18.5 Å². The molecule has 0 aromatic heterocycles. The first-order valence-corrected chi connectivity index (χ1v) is 7.81. The van der Waals surface area contributed by atoms with Crippen molar-refractivity contribution < 1.29 is 18.4 Å². The second-order valence-electron chi connectivity index (χ2n) is 4.26. The number of nitro benzene ring substituents is 1. The van der Waals surface area contributed by atoms with Crippen LogP contribution < -0.4 is 4.72 Å². The van der Waals surface area contributed by atoms with E-state index in [4.69, 9.17) is 5.11 Å². The molecule has 0 aliphatic heterocycles. The lowest BCUT2D eigenvalue weighted by molar-refractivity contribution is -0.387. The van der Waals surface area contributed by atoms with E-state index in [1.807, 2.05) is 0 Å². The Balaban J connectivity index is 2.63. The lowest BCUT2D eigenvalue weighted by Crippen LogP contribution is -2.25. The van der Waals surface area contributed by atoms with Gasteiger partial charge in [-0.05, 0) is 18.9 Å². The minimum atomic E-state index is -3.87. The molecule has 0 saturated carbocycles. The number of aliphatic hydroxyl groups is 1. The molecule has 0 atom stereocenters. The SMILES string of the molecule is O=[N+]([O-])c1ccccc1S(=O)(=O)NCCCCCCO. The number of aliphatic hydroxyl groups excluding tert-OH is 1. The molecule has 112 valence electrons. The summed E-state index contributed by atoms with van der Waals surface area (Å²) < 4.78 is 26.3. The smallest absolute Gasteiger partial charge is 0.289 e. The average molecular weight is 302 g/mol. The highest BCUT2D eigenvalue weighted by Gasteiger charge is 2.24. The molecule has 0 aliphatic carbocycles. The van der Waals surface area contributed by atoms with Crippen molar-refractivity contribution in [3.8, 4) is 0 Å². The maximum absolute atomic E-state index is 12.0. The van der Waals surface area contributed by atoms with E-state index in [0.29, 0.717) is 12.8 Å². The first-order valence-electron chi connectivity index (χ1n) is 6.33. The van der Waals surface area contributed by atoms with Crippen molar-refractivity contribution in [3.05, 3.63) is 34.4 Å². The molecular weight excluding hydrogens is 284 g/mol. The van der Waals surface area contributed by atoms with Gasteiger partial charge in [-0.25, -0.2) is 13.1 Å². The number of rotatable bonds is 9. The number of sulfonamides is 1. The van der Waals surface area contributed by atoms with Crippen LogP contribution in [0.25, 0.3) is 0 Å². The van der Waals surface area contributed by atoms with Gasteiger partial charge >= 0.3 is 0 Å². The van der Waals surface area contributed by atoms with Gasteiger partial charge in [0.1, 0.15) is 0 Å². The summed E-state index contributed by atoms with van der Waals surface area (Å²) in [5.41, 5.74) is -0.430. The van der Waals surface area contributed by atoms with Gasteiger partial charge in [-0.3, -0.25) is 10.1 Å². The van der Waals surface area contributed by atoms with E-state index in [-0.39, 0.29) is 18.0 Å². The summed E-state index contributed by atoms with van der Waals surface area (Å²) in [6.45, 7) is 0.349. The van der Waals surface area contributed by atoms with E-state index < -0.39 is 20.6 Å². The number of para-hydroxylation sites is 1. The van der Waals surface area contributed by atoms with Gasteiger partial charge < -0.3 is 5.11 Å². The zero-order chi connectivity index (χ0) is 15.0. The van der Waals surface area contributed by atoms with Gasteiger partial charge in [0.2, 0.25) is 10.0 Å². The van der Waals surface area contributed by atoms with Gasteiger partial charge in [-0.1, -0.05) is 25.0 Å². The fourth-order valence-electron chi connectivity index (χ4n) is 1.71. The van der Waals surface area contributed by atoms with Gasteiger partial charge in [0.05, 0.1) is 4.92 Å². The van der Waals surface area contributed by atoms with Crippen LogP contribution in [0, 0.1) is 10.1 Å². The second-order valence-corrected chi connectivity index (χ2v) is 6.00. The first kappa shape index (κ1) is 16.5. The highest BCUT2D eigenvalue weighted by atomic mass is 32.2. The molecule has 20 heavy (non-hydrogen) atoms. The van der Waals surface area contributed by atoms with Crippen molar-refractivity contribution in [1.29, 1.82) is 0 Å². The maximum Gasteiger partial charge on any atom is 0.289 e. The molecule has 1 aromatic carbocycles. The summed E-state index contributed by atoms with van der Waals surface area (Å²) in [6.07, 6.45) is 2.93. The Morgan fingerprint density at radius 2 is 1.80 bits per heavy atom. The Labute approximate surface area is 117 Å². The zero-order valence-corrected chi connectivity index (χ0v) is 11.8. The van der Waals surface area contributed by atoms with Crippen LogP contribution >= 0.6 is 0 Å². The summed E-state index contributed by atoms with van der Waals surface area (Å²) in [7, 11) is -3.87. The number of hydrogen-bond acceptors (Lipinski definition) is 5.